The molecule has 0 saturated carbocycles. The van der Waals surface area contributed by atoms with Crippen LogP contribution >= 0.6 is 0 Å². The van der Waals surface area contributed by atoms with E-state index in [2.05, 4.69) is 5.32 Å². The second-order valence-corrected chi connectivity index (χ2v) is 4.54. The summed E-state index contributed by atoms with van der Waals surface area (Å²) >= 11 is 0. The Morgan fingerprint density at radius 3 is 2.53 bits per heavy atom. The van der Waals surface area contributed by atoms with Crippen molar-refractivity contribution in [2.45, 2.75) is 25.4 Å². The molecule has 4 nitrogen and oxygen atoms in total. The molecule has 6 heteroatoms. The summed E-state index contributed by atoms with van der Waals surface area (Å²) in [6.45, 7) is 0.174. The Bertz CT molecular complexity index is 499. The fourth-order valence-corrected chi connectivity index (χ4v) is 2.06. The van der Waals surface area contributed by atoms with Gasteiger partial charge in [0.15, 0.2) is 0 Å². The topological polar surface area (TPSA) is 49.4 Å². The van der Waals surface area contributed by atoms with Gasteiger partial charge in [0.1, 0.15) is 11.6 Å². The standard InChI is InChI=1S/C13H14F2N2O2/c1-17-12(18)3-2-11(13(17)19)16-7-8-4-9(14)6-10(15)5-8/h4-6,11,16H,2-3,7H2,1H3. The van der Waals surface area contributed by atoms with Crippen molar-refractivity contribution in [2.75, 3.05) is 7.05 Å². The molecular weight excluding hydrogens is 254 g/mol. The molecule has 2 rings (SSSR count). The number of likely N-dealkylation sites (N-methyl/N-ethyl adjacent to an activating group) is 1. The Hall–Kier alpha value is -1.82. The molecule has 1 aromatic carbocycles. The van der Waals surface area contributed by atoms with Gasteiger partial charge in [-0.3, -0.25) is 14.5 Å². The Morgan fingerprint density at radius 1 is 1.26 bits per heavy atom. The van der Waals surface area contributed by atoms with Gasteiger partial charge in [-0.1, -0.05) is 0 Å². The third-order valence-electron chi connectivity index (χ3n) is 3.12. The van der Waals surface area contributed by atoms with Gasteiger partial charge in [0.25, 0.3) is 0 Å². The van der Waals surface area contributed by atoms with Gasteiger partial charge in [0.05, 0.1) is 6.04 Å². The van der Waals surface area contributed by atoms with E-state index < -0.39 is 17.7 Å². The van der Waals surface area contributed by atoms with Crippen molar-refractivity contribution >= 4 is 11.8 Å². The lowest BCUT2D eigenvalue weighted by Crippen LogP contribution is -2.51. The lowest BCUT2D eigenvalue weighted by molar-refractivity contribution is -0.148. The number of carbonyl (C=O) groups excluding carboxylic acids is 2. The molecular formula is C13H14F2N2O2. The van der Waals surface area contributed by atoms with Crippen LogP contribution in [0.15, 0.2) is 18.2 Å². The molecule has 1 fully saturated rings. The fraction of sp³-hybridized carbons (Fsp3) is 0.385. The zero-order valence-corrected chi connectivity index (χ0v) is 10.5. The van der Waals surface area contributed by atoms with Gasteiger partial charge in [0.2, 0.25) is 11.8 Å². The summed E-state index contributed by atoms with van der Waals surface area (Å²) in [5, 5.41) is 2.92. The predicted octanol–water partition coefficient (Wildman–Crippen LogP) is 1.20. The monoisotopic (exact) mass is 268 g/mol. The van der Waals surface area contributed by atoms with Gasteiger partial charge in [-0.2, -0.15) is 0 Å². The van der Waals surface area contributed by atoms with E-state index in [9.17, 15) is 18.4 Å². The van der Waals surface area contributed by atoms with E-state index in [1.165, 1.54) is 19.2 Å². The number of imide groups is 1. The van der Waals surface area contributed by atoms with Crippen LogP contribution < -0.4 is 5.32 Å². The van der Waals surface area contributed by atoms with Gasteiger partial charge < -0.3 is 5.32 Å². The number of hydrogen-bond donors (Lipinski definition) is 1. The first-order valence-corrected chi connectivity index (χ1v) is 5.96. The first-order valence-electron chi connectivity index (χ1n) is 5.96. The summed E-state index contributed by atoms with van der Waals surface area (Å²) in [6, 6.07) is 2.71. The van der Waals surface area contributed by atoms with Crippen molar-refractivity contribution in [3.05, 3.63) is 35.4 Å². The first-order chi connectivity index (χ1) is 8.97. The van der Waals surface area contributed by atoms with Crippen LogP contribution in [0.5, 0.6) is 0 Å². The van der Waals surface area contributed by atoms with Gasteiger partial charge in [0, 0.05) is 26.1 Å². The van der Waals surface area contributed by atoms with E-state index >= 15 is 0 Å². The molecule has 0 aromatic heterocycles. The molecule has 19 heavy (non-hydrogen) atoms. The molecule has 1 saturated heterocycles. The van der Waals surface area contributed by atoms with Crippen LogP contribution in [0.1, 0.15) is 18.4 Å². The minimum absolute atomic E-state index is 0.174. The average Bonchev–Trinajstić information content (AvgIpc) is 2.34. The van der Waals surface area contributed by atoms with Crippen LogP contribution in [0.25, 0.3) is 0 Å². The quantitative estimate of drug-likeness (QED) is 0.838. The number of rotatable bonds is 3. The number of amides is 2. The molecule has 1 N–H and O–H groups in total. The second kappa shape index (κ2) is 5.44. The summed E-state index contributed by atoms with van der Waals surface area (Å²) in [7, 11) is 1.43. The van der Waals surface area contributed by atoms with Crippen molar-refractivity contribution in [3.8, 4) is 0 Å². The first kappa shape index (κ1) is 13.6. The maximum Gasteiger partial charge on any atom is 0.246 e. The molecule has 1 unspecified atom stereocenters. The zero-order chi connectivity index (χ0) is 14.0. The van der Waals surface area contributed by atoms with E-state index in [-0.39, 0.29) is 24.8 Å². The highest BCUT2D eigenvalue weighted by Gasteiger charge is 2.31. The highest BCUT2D eigenvalue weighted by Crippen LogP contribution is 2.13. The smallest absolute Gasteiger partial charge is 0.246 e. The molecule has 1 aromatic rings. The lowest BCUT2D eigenvalue weighted by atomic mass is 10.0. The molecule has 0 bridgehead atoms. The van der Waals surface area contributed by atoms with Gasteiger partial charge in [-0.15, -0.1) is 0 Å². The third kappa shape index (κ3) is 3.14. The number of halogens is 2. The molecule has 1 atom stereocenters. The number of nitrogens with one attached hydrogen (secondary N) is 1. The summed E-state index contributed by atoms with van der Waals surface area (Å²) in [4.78, 5) is 24.2. The SMILES string of the molecule is CN1C(=O)CCC(NCc2cc(F)cc(F)c2)C1=O. The number of piperidine rings is 1. The Labute approximate surface area is 109 Å². The Morgan fingerprint density at radius 2 is 1.89 bits per heavy atom. The molecule has 102 valence electrons. The molecule has 0 spiro atoms. The molecule has 1 aliphatic heterocycles. The number of carbonyl (C=O) groups is 2. The minimum Gasteiger partial charge on any atom is -0.302 e. The van der Waals surface area contributed by atoms with Crippen molar-refractivity contribution in [1.82, 2.24) is 10.2 Å². The van der Waals surface area contributed by atoms with E-state index in [0.717, 1.165) is 11.0 Å². The Balaban J connectivity index is 1.99. The molecule has 1 aliphatic rings. The van der Waals surface area contributed by atoms with Gasteiger partial charge in [-0.05, 0) is 24.1 Å². The van der Waals surface area contributed by atoms with Crippen LogP contribution in [-0.4, -0.2) is 29.8 Å². The number of benzene rings is 1. The van der Waals surface area contributed by atoms with E-state index in [0.29, 0.717) is 12.0 Å². The van der Waals surface area contributed by atoms with E-state index in [1.54, 1.807) is 0 Å². The van der Waals surface area contributed by atoms with E-state index in [4.69, 9.17) is 0 Å². The summed E-state index contributed by atoms with van der Waals surface area (Å²) in [5.74, 6) is -1.83. The van der Waals surface area contributed by atoms with Gasteiger partial charge >= 0.3 is 0 Å². The van der Waals surface area contributed by atoms with Gasteiger partial charge in [-0.25, -0.2) is 8.78 Å². The lowest BCUT2D eigenvalue weighted by Gasteiger charge is -2.28. The van der Waals surface area contributed by atoms with Crippen LogP contribution in [0.3, 0.4) is 0 Å². The van der Waals surface area contributed by atoms with Crippen LogP contribution in [0.4, 0.5) is 8.78 Å². The summed E-state index contributed by atoms with van der Waals surface area (Å²) in [5.41, 5.74) is 0.421. The molecule has 0 radical (unpaired) electrons. The maximum atomic E-state index is 13.0. The largest absolute Gasteiger partial charge is 0.302 e. The van der Waals surface area contributed by atoms with Crippen LogP contribution in [0, 0.1) is 11.6 Å². The normalized spacial score (nSPS) is 19.9. The van der Waals surface area contributed by atoms with Crippen molar-refractivity contribution < 1.29 is 18.4 Å². The van der Waals surface area contributed by atoms with Crippen molar-refractivity contribution in [3.63, 3.8) is 0 Å². The fourth-order valence-electron chi connectivity index (χ4n) is 2.06. The second-order valence-electron chi connectivity index (χ2n) is 4.54. The summed E-state index contributed by atoms with van der Waals surface area (Å²) < 4.78 is 26.0. The average molecular weight is 268 g/mol. The summed E-state index contributed by atoms with van der Waals surface area (Å²) in [6.07, 6.45) is 0.692. The Kier molecular flexibility index (Phi) is 3.90. The zero-order valence-electron chi connectivity index (χ0n) is 10.5. The molecule has 0 aliphatic carbocycles. The molecule has 1 heterocycles. The molecule has 2 amide bonds. The van der Waals surface area contributed by atoms with Crippen LogP contribution in [-0.2, 0) is 16.1 Å². The minimum atomic E-state index is -0.654. The third-order valence-corrected chi connectivity index (χ3v) is 3.12. The number of nitrogens with zero attached hydrogens (tertiary/aromatic N) is 1. The number of hydrogen-bond acceptors (Lipinski definition) is 3. The van der Waals surface area contributed by atoms with Crippen LogP contribution in [0.2, 0.25) is 0 Å². The maximum absolute atomic E-state index is 13.0. The van der Waals surface area contributed by atoms with Crippen molar-refractivity contribution in [1.29, 1.82) is 0 Å². The number of likely N-dealkylation sites (tertiary alicyclic amines) is 1. The highest BCUT2D eigenvalue weighted by atomic mass is 19.1. The predicted molar refractivity (Wildman–Crippen MR) is 64.0 cm³/mol. The highest BCUT2D eigenvalue weighted by molar-refractivity contribution is 6.00. The van der Waals surface area contributed by atoms with E-state index in [1.807, 2.05) is 0 Å². The van der Waals surface area contributed by atoms with Crippen molar-refractivity contribution in [2.24, 2.45) is 0 Å².